The van der Waals surface area contributed by atoms with Gasteiger partial charge in [-0.2, -0.15) is 0 Å². The lowest BCUT2D eigenvalue weighted by Crippen LogP contribution is -2.10. The molecule has 0 bridgehead atoms. The molecule has 0 radical (unpaired) electrons. The second-order valence-corrected chi connectivity index (χ2v) is 3.87. The van der Waals surface area contributed by atoms with E-state index in [1.165, 1.54) is 12.1 Å². The van der Waals surface area contributed by atoms with Crippen molar-refractivity contribution in [1.82, 2.24) is 0 Å². The number of anilines is 2. The van der Waals surface area contributed by atoms with Crippen LogP contribution >= 0.6 is 0 Å². The average molecular weight is 257 g/mol. The second kappa shape index (κ2) is 5.18. The quantitative estimate of drug-likeness (QED) is 0.649. The standard InChI is InChI=1S/C13H11N3O3/c14-13(17)9-2-1-3-11(8-9)15-10-4-6-12(7-5-10)16(18)19/h1-8,15H,(H2,14,17). The van der Waals surface area contributed by atoms with Crippen LogP contribution in [0.2, 0.25) is 0 Å². The summed E-state index contributed by atoms with van der Waals surface area (Å²) in [4.78, 5) is 21.1. The fourth-order valence-corrected chi connectivity index (χ4v) is 1.58. The molecule has 0 heterocycles. The maximum Gasteiger partial charge on any atom is 0.269 e. The Hall–Kier alpha value is -2.89. The number of rotatable bonds is 4. The highest BCUT2D eigenvalue weighted by atomic mass is 16.6. The van der Waals surface area contributed by atoms with E-state index in [2.05, 4.69) is 5.32 Å². The predicted molar refractivity (Wildman–Crippen MR) is 71.3 cm³/mol. The Labute approximate surface area is 109 Å². The van der Waals surface area contributed by atoms with Crippen molar-refractivity contribution >= 4 is 23.0 Å². The van der Waals surface area contributed by atoms with Crippen molar-refractivity contribution in [2.75, 3.05) is 5.32 Å². The number of primary amides is 1. The lowest BCUT2D eigenvalue weighted by atomic mass is 10.2. The number of carbonyl (C=O) groups excluding carboxylic acids is 1. The summed E-state index contributed by atoms with van der Waals surface area (Å²) < 4.78 is 0. The van der Waals surface area contributed by atoms with E-state index in [1.54, 1.807) is 36.4 Å². The average Bonchev–Trinajstić information content (AvgIpc) is 2.39. The largest absolute Gasteiger partial charge is 0.366 e. The van der Waals surface area contributed by atoms with Gasteiger partial charge in [-0.15, -0.1) is 0 Å². The lowest BCUT2D eigenvalue weighted by Gasteiger charge is -2.07. The number of carbonyl (C=O) groups is 1. The Bertz CT molecular complexity index is 623. The number of hydrogen-bond donors (Lipinski definition) is 2. The van der Waals surface area contributed by atoms with Crippen LogP contribution in [0.4, 0.5) is 17.1 Å². The third-order valence-electron chi connectivity index (χ3n) is 2.51. The number of nitro benzene ring substituents is 1. The summed E-state index contributed by atoms with van der Waals surface area (Å²) in [5.41, 5.74) is 6.98. The van der Waals surface area contributed by atoms with E-state index < -0.39 is 10.8 Å². The molecule has 6 nitrogen and oxygen atoms in total. The van der Waals surface area contributed by atoms with Gasteiger partial charge in [-0.05, 0) is 30.3 Å². The number of hydrogen-bond acceptors (Lipinski definition) is 4. The van der Waals surface area contributed by atoms with E-state index in [-0.39, 0.29) is 5.69 Å². The van der Waals surface area contributed by atoms with Crippen LogP contribution in [0.3, 0.4) is 0 Å². The first-order chi connectivity index (χ1) is 9.06. The summed E-state index contributed by atoms with van der Waals surface area (Å²) in [5, 5.41) is 13.6. The fraction of sp³-hybridized carbons (Fsp3) is 0. The number of nitrogens with two attached hydrogens (primary N) is 1. The van der Waals surface area contributed by atoms with Gasteiger partial charge in [0.05, 0.1) is 4.92 Å². The molecule has 0 saturated carbocycles. The molecule has 0 saturated heterocycles. The van der Waals surface area contributed by atoms with Gasteiger partial charge in [-0.3, -0.25) is 14.9 Å². The van der Waals surface area contributed by atoms with Crippen LogP contribution in [0.5, 0.6) is 0 Å². The number of benzene rings is 2. The first-order valence-electron chi connectivity index (χ1n) is 5.47. The smallest absolute Gasteiger partial charge is 0.269 e. The zero-order chi connectivity index (χ0) is 13.8. The van der Waals surface area contributed by atoms with E-state index >= 15 is 0 Å². The molecule has 0 aliphatic heterocycles. The van der Waals surface area contributed by atoms with Gasteiger partial charge in [0.1, 0.15) is 0 Å². The highest BCUT2D eigenvalue weighted by Crippen LogP contribution is 2.20. The van der Waals surface area contributed by atoms with Gasteiger partial charge in [0.15, 0.2) is 0 Å². The molecule has 19 heavy (non-hydrogen) atoms. The molecule has 0 atom stereocenters. The zero-order valence-corrected chi connectivity index (χ0v) is 9.87. The number of nitrogens with zero attached hydrogens (tertiary/aromatic N) is 1. The first-order valence-corrected chi connectivity index (χ1v) is 5.47. The molecule has 2 aromatic carbocycles. The summed E-state index contributed by atoms with van der Waals surface area (Å²) in [5.74, 6) is -0.507. The molecule has 0 spiro atoms. The highest BCUT2D eigenvalue weighted by molar-refractivity contribution is 5.93. The maximum atomic E-state index is 11.0. The topological polar surface area (TPSA) is 98.3 Å². The third-order valence-corrected chi connectivity index (χ3v) is 2.51. The Morgan fingerprint density at radius 1 is 1.11 bits per heavy atom. The monoisotopic (exact) mass is 257 g/mol. The van der Waals surface area contributed by atoms with Crippen molar-refractivity contribution in [2.24, 2.45) is 5.73 Å². The fourth-order valence-electron chi connectivity index (χ4n) is 1.58. The molecule has 1 amide bonds. The van der Waals surface area contributed by atoms with Crippen molar-refractivity contribution in [2.45, 2.75) is 0 Å². The van der Waals surface area contributed by atoms with Crippen LogP contribution in [0.15, 0.2) is 48.5 Å². The van der Waals surface area contributed by atoms with E-state index in [0.717, 1.165) is 0 Å². The first kappa shape index (κ1) is 12.6. The summed E-state index contributed by atoms with van der Waals surface area (Å²) in [6, 6.07) is 12.7. The highest BCUT2D eigenvalue weighted by Gasteiger charge is 2.05. The Kier molecular flexibility index (Phi) is 3.42. The molecule has 0 aliphatic rings. The van der Waals surface area contributed by atoms with E-state index in [9.17, 15) is 14.9 Å². The third kappa shape index (κ3) is 3.06. The molecule has 3 N–H and O–H groups in total. The molecule has 2 rings (SSSR count). The molecule has 0 unspecified atom stereocenters. The minimum atomic E-state index is -0.507. The van der Waals surface area contributed by atoms with E-state index in [4.69, 9.17) is 5.73 Å². The van der Waals surface area contributed by atoms with Crippen molar-refractivity contribution in [3.05, 3.63) is 64.2 Å². The Balaban J connectivity index is 2.19. The number of amides is 1. The Morgan fingerprint density at radius 2 is 1.79 bits per heavy atom. The van der Waals surface area contributed by atoms with Gasteiger partial charge >= 0.3 is 0 Å². The van der Waals surface area contributed by atoms with Gasteiger partial charge in [0, 0.05) is 29.1 Å². The summed E-state index contributed by atoms with van der Waals surface area (Å²) in [7, 11) is 0. The van der Waals surface area contributed by atoms with Crippen LogP contribution in [-0.2, 0) is 0 Å². The van der Waals surface area contributed by atoms with Crippen molar-refractivity contribution < 1.29 is 9.72 Å². The summed E-state index contributed by atoms with van der Waals surface area (Å²) >= 11 is 0. The number of nitro groups is 1. The second-order valence-electron chi connectivity index (χ2n) is 3.87. The van der Waals surface area contributed by atoms with Gasteiger partial charge in [0.25, 0.3) is 5.69 Å². The van der Waals surface area contributed by atoms with Crippen molar-refractivity contribution in [1.29, 1.82) is 0 Å². The normalized spacial score (nSPS) is 9.89. The summed E-state index contributed by atoms with van der Waals surface area (Å²) in [6.07, 6.45) is 0. The van der Waals surface area contributed by atoms with Crippen LogP contribution in [0.1, 0.15) is 10.4 Å². The van der Waals surface area contributed by atoms with Crippen molar-refractivity contribution in [3.8, 4) is 0 Å². The number of nitrogens with one attached hydrogen (secondary N) is 1. The SMILES string of the molecule is NC(=O)c1cccc(Nc2ccc([N+](=O)[O-])cc2)c1. The molecule has 0 aromatic heterocycles. The molecule has 6 heteroatoms. The molecule has 0 aliphatic carbocycles. The molecular formula is C13H11N3O3. The van der Waals surface area contributed by atoms with Crippen LogP contribution < -0.4 is 11.1 Å². The van der Waals surface area contributed by atoms with Crippen LogP contribution in [0, 0.1) is 10.1 Å². The zero-order valence-electron chi connectivity index (χ0n) is 9.87. The van der Waals surface area contributed by atoms with Crippen LogP contribution in [-0.4, -0.2) is 10.8 Å². The van der Waals surface area contributed by atoms with Crippen molar-refractivity contribution in [3.63, 3.8) is 0 Å². The predicted octanol–water partition coefficient (Wildman–Crippen LogP) is 2.44. The minimum Gasteiger partial charge on any atom is -0.366 e. The maximum absolute atomic E-state index is 11.0. The van der Waals surface area contributed by atoms with Gasteiger partial charge in [0.2, 0.25) is 5.91 Å². The number of non-ortho nitro benzene ring substituents is 1. The van der Waals surface area contributed by atoms with E-state index in [0.29, 0.717) is 16.9 Å². The molecule has 0 fully saturated rings. The Morgan fingerprint density at radius 3 is 2.37 bits per heavy atom. The minimum absolute atomic E-state index is 0.0245. The van der Waals surface area contributed by atoms with E-state index in [1.807, 2.05) is 0 Å². The molecule has 96 valence electrons. The molecule has 2 aromatic rings. The van der Waals surface area contributed by atoms with Gasteiger partial charge < -0.3 is 11.1 Å². The summed E-state index contributed by atoms with van der Waals surface area (Å²) in [6.45, 7) is 0. The molecular weight excluding hydrogens is 246 g/mol. The van der Waals surface area contributed by atoms with Gasteiger partial charge in [-0.1, -0.05) is 6.07 Å². The van der Waals surface area contributed by atoms with Gasteiger partial charge in [-0.25, -0.2) is 0 Å². The lowest BCUT2D eigenvalue weighted by molar-refractivity contribution is -0.384. The van der Waals surface area contributed by atoms with Crippen LogP contribution in [0.25, 0.3) is 0 Å².